The zero-order valence-electron chi connectivity index (χ0n) is 8.86. The molecule has 0 saturated carbocycles. The highest BCUT2D eigenvalue weighted by atomic mass is 16.5. The largest absolute Gasteiger partial charge is 0.377 e. The lowest BCUT2D eigenvalue weighted by Crippen LogP contribution is -1.96. The Labute approximate surface area is 89.7 Å². The Morgan fingerprint density at radius 1 is 1.13 bits per heavy atom. The van der Waals surface area contributed by atoms with Gasteiger partial charge in [-0.2, -0.15) is 0 Å². The molecule has 2 aromatic carbocycles. The maximum absolute atomic E-state index is 5.55. The van der Waals surface area contributed by atoms with Gasteiger partial charge in [0.2, 0.25) is 0 Å². The zero-order chi connectivity index (χ0) is 10.3. The van der Waals surface area contributed by atoms with E-state index in [1.54, 1.807) is 0 Å². The van der Waals surface area contributed by atoms with Crippen LogP contribution in [0.2, 0.25) is 0 Å². The molecule has 0 spiro atoms. The number of aryl methyl sites for hydroxylation is 1. The van der Waals surface area contributed by atoms with Crippen molar-refractivity contribution in [1.82, 2.24) is 0 Å². The van der Waals surface area contributed by atoms with Crippen molar-refractivity contribution in [2.24, 2.45) is 0 Å². The minimum atomic E-state index is 0.297. The van der Waals surface area contributed by atoms with Crippen LogP contribution in [-0.4, -0.2) is 7.11 Å². The smallest absolute Gasteiger partial charge is 0.0833 e. The molecule has 76 valence electrons. The Bertz CT molecular complexity index is 502. The molecular formula is C14H14O. The van der Waals surface area contributed by atoms with E-state index in [1.165, 1.54) is 21.9 Å². The topological polar surface area (TPSA) is 9.23 Å². The Morgan fingerprint density at radius 2 is 2.00 bits per heavy atom. The molecule has 1 aliphatic carbocycles. The van der Waals surface area contributed by atoms with Crippen LogP contribution in [0.4, 0.5) is 0 Å². The Balaban J connectivity index is 2.32. The Morgan fingerprint density at radius 3 is 2.87 bits per heavy atom. The van der Waals surface area contributed by atoms with Gasteiger partial charge in [0.1, 0.15) is 0 Å². The first-order valence-electron chi connectivity index (χ1n) is 5.43. The van der Waals surface area contributed by atoms with Crippen LogP contribution in [0.5, 0.6) is 0 Å². The van der Waals surface area contributed by atoms with E-state index >= 15 is 0 Å². The third-order valence-corrected chi connectivity index (χ3v) is 3.34. The maximum Gasteiger partial charge on any atom is 0.0833 e. The average Bonchev–Trinajstić information content (AvgIpc) is 2.72. The fraction of sp³-hybridized carbons (Fsp3) is 0.286. The van der Waals surface area contributed by atoms with Gasteiger partial charge in [-0.05, 0) is 34.7 Å². The van der Waals surface area contributed by atoms with Crippen molar-refractivity contribution < 1.29 is 4.74 Å². The van der Waals surface area contributed by atoms with Crippen LogP contribution < -0.4 is 0 Å². The van der Waals surface area contributed by atoms with Gasteiger partial charge >= 0.3 is 0 Å². The summed E-state index contributed by atoms with van der Waals surface area (Å²) in [7, 11) is 1.81. The van der Waals surface area contributed by atoms with Crippen LogP contribution in [0.25, 0.3) is 10.8 Å². The van der Waals surface area contributed by atoms with Gasteiger partial charge in [0, 0.05) is 7.11 Å². The predicted octanol–water partition coefficient (Wildman–Crippen LogP) is 3.47. The zero-order valence-corrected chi connectivity index (χ0v) is 8.86. The molecule has 1 atom stereocenters. The summed E-state index contributed by atoms with van der Waals surface area (Å²) in [4.78, 5) is 0. The minimum Gasteiger partial charge on any atom is -0.377 e. The lowest BCUT2D eigenvalue weighted by molar-refractivity contribution is 0.106. The molecular weight excluding hydrogens is 184 g/mol. The van der Waals surface area contributed by atoms with Crippen molar-refractivity contribution in [3.63, 3.8) is 0 Å². The van der Waals surface area contributed by atoms with Gasteiger partial charge in [0.05, 0.1) is 6.10 Å². The molecule has 0 bridgehead atoms. The van der Waals surface area contributed by atoms with Gasteiger partial charge in [-0.15, -0.1) is 0 Å². The van der Waals surface area contributed by atoms with Gasteiger partial charge in [-0.3, -0.25) is 0 Å². The van der Waals surface area contributed by atoms with Crippen LogP contribution in [0, 0.1) is 0 Å². The number of fused-ring (bicyclic) bond motifs is 3. The average molecular weight is 198 g/mol. The normalized spacial score (nSPS) is 19.4. The second kappa shape index (κ2) is 3.35. The summed E-state index contributed by atoms with van der Waals surface area (Å²) in [6, 6.07) is 13.0. The molecule has 0 N–H and O–H groups in total. The fourth-order valence-corrected chi connectivity index (χ4v) is 2.61. The van der Waals surface area contributed by atoms with E-state index in [0.29, 0.717) is 6.10 Å². The van der Waals surface area contributed by atoms with E-state index < -0.39 is 0 Å². The lowest BCUT2D eigenvalue weighted by Gasteiger charge is -2.12. The highest BCUT2D eigenvalue weighted by Gasteiger charge is 2.23. The summed E-state index contributed by atoms with van der Waals surface area (Å²) in [5, 5.41) is 2.68. The molecule has 0 radical (unpaired) electrons. The second-order valence-electron chi connectivity index (χ2n) is 4.12. The van der Waals surface area contributed by atoms with E-state index in [0.717, 1.165) is 12.8 Å². The highest BCUT2D eigenvalue weighted by molar-refractivity contribution is 5.87. The van der Waals surface area contributed by atoms with Crippen LogP contribution >= 0.6 is 0 Å². The molecule has 0 fully saturated rings. The van der Waals surface area contributed by atoms with Crippen LogP contribution in [-0.2, 0) is 11.2 Å². The van der Waals surface area contributed by atoms with Crippen molar-refractivity contribution in [1.29, 1.82) is 0 Å². The van der Waals surface area contributed by atoms with Crippen LogP contribution in [0.1, 0.15) is 23.7 Å². The monoisotopic (exact) mass is 198 g/mol. The quantitative estimate of drug-likeness (QED) is 0.681. The van der Waals surface area contributed by atoms with Gasteiger partial charge in [-0.25, -0.2) is 0 Å². The summed E-state index contributed by atoms with van der Waals surface area (Å²) in [5.74, 6) is 0. The Kier molecular flexibility index (Phi) is 2.00. The van der Waals surface area contributed by atoms with Crippen molar-refractivity contribution in [2.45, 2.75) is 18.9 Å². The molecule has 0 heterocycles. The van der Waals surface area contributed by atoms with Crippen LogP contribution in [0.3, 0.4) is 0 Å². The molecule has 0 saturated heterocycles. The third-order valence-electron chi connectivity index (χ3n) is 3.34. The number of rotatable bonds is 1. The molecule has 1 heteroatoms. The summed E-state index contributed by atoms with van der Waals surface area (Å²) in [5.41, 5.74) is 2.87. The van der Waals surface area contributed by atoms with E-state index in [2.05, 4.69) is 36.4 Å². The number of hydrogen-bond acceptors (Lipinski definition) is 1. The summed E-state index contributed by atoms with van der Waals surface area (Å²) in [6.07, 6.45) is 2.57. The van der Waals surface area contributed by atoms with Crippen LogP contribution in [0.15, 0.2) is 36.4 Å². The summed E-state index contributed by atoms with van der Waals surface area (Å²) in [6.45, 7) is 0. The number of methoxy groups -OCH3 is 1. The minimum absolute atomic E-state index is 0.297. The first kappa shape index (κ1) is 8.93. The number of hydrogen-bond donors (Lipinski definition) is 0. The second-order valence-corrected chi connectivity index (χ2v) is 4.12. The van der Waals surface area contributed by atoms with Gasteiger partial charge in [-0.1, -0.05) is 36.4 Å². The molecule has 1 unspecified atom stereocenters. The molecule has 2 aromatic rings. The van der Waals surface area contributed by atoms with Gasteiger partial charge in [0.25, 0.3) is 0 Å². The van der Waals surface area contributed by atoms with E-state index in [1.807, 2.05) is 7.11 Å². The molecule has 0 aliphatic heterocycles. The lowest BCUT2D eigenvalue weighted by atomic mass is 10.00. The first-order chi connectivity index (χ1) is 7.40. The molecule has 3 rings (SSSR count). The summed E-state index contributed by atoms with van der Waals surface area (Å²) >= 11 is 0. The predicted molar refractivity (Wildman–Crippen MR) is 62.0 cm³/mol. The van der Waals surface area contributed by atoms with Crippen molar-refractivity contribution in [2.75, 3.05) is 7.11 Å². The summed E-state index contributed by atoms with van der Waals surface area (Å²) < 4.78 is 5.55. The van der Waals surface area contributed by atoms with Gasteiger partial charge < -0.3 is 4.74 Å². The molecule has 0 amide bonds. The van der Waals surface area contributed by atoms with Crippen molar-refractivity contribution in [3.8, 4) is 0 Å². The standard InChI is InChI=1S/C14H14O/c1-15-13-9-8-11-7-6-10-4-2-3-5-12(10)14(11)13/h2-7,13H,8-9H2,1H3. The molecule has 15 heavy (non-hydrogen) atoms. The van der Waals surface area contributed by atoms with Crippen molar-refractivity contribution >= 4 is 10.8 Å². The van der Waals surface area contributed by atoms with E-state index in [9.17, 15) is 0 Å². The SMILES string of the molecule is COC1CCc2ccc3ccccc3c21. The molecule has 0 aromatic heterocycles. The highest BCUT2D eigenvalue weighted by Crippen LogP contribution is 2.38. The Hall–Kier alpha value is -1.34. The van der Waals surface area contributed by atoms with Gasteiger partial charge in [0.15, 0.2) is 0 Å². The maximum atomic E-state index is 5.55. The fourth-order valence-electron chi connectivity index (χ4n) is 2.61. The molecule has 1 nitrogen and oxygen atoms in total. The number of benzene rings is 2. The third kappa shape index (κ3) is 1.27. The van der Waals surface area contributed by atoms with E-state index in [4.69, 9.17) is 4.74 Å². The number of ether oxygens (including phenoxy) is 1. The first-order valence-corrected chi connectivity index (χ1v) is 5.43. The van der Waals surface area contributed by atoms with Crippen molar-refractivity contribution in [3.05, 3.63) is 47.5 Å². The van der Waals surface area contributed by atoms with E-state index in [-0.39, 0.29) is 0 Å². The molecule has 1 aliphatic rings.